The Morgan fingerprint density at radius 2 is 1.70 bits per heavy atom. The smallest absolute Gasteiger partial charge is 0.227 e. The number of fused-ring (bicyclic) bond motifs is 1. The molecule has 0 aliphatic carbocycles. The third-order valence-electron chi connectivity index (χ3n) is 2.97. The Morgan fingerprint density at radius 1 is 1.00 bits per heavy atom. The van der Waals surface area contributed by atoms with Crippen LogP contribution in [0.2, 0.25) is 0 Å². The number of oxazole rings is 1. The van der Waals surface area contributed by atoms with Crippen LogP contribution in [0.25, 0.3) is 22.6 Å². The lowest BCUT2D eigenvalue weighted by Crippen LogP contribution is -1.88. The number of methoxy groups -OCH3 is 2. The van der Waals surface area contributed by atoms with Crippen LogP contribution in [-0.2, 0) is 0 Å². The summed E-state index contributed by atoms with van der Waals surface area (Å²) in [5.41, 5.74) is 1.96. The van der Waals surface area contributed by atoms with Gasteiger partial charge in [0.05, 0.1) is 14.2 Å². The molecule has 1 heterocycles. The highest BCUT2D eigenvalue weighted by Crippen LogP contribution is 2.31. The number of hydrogen-bond acceptors (Lipinski definition) is 5. The molecule has 0 aliphatic heterocycles. The van der Waals surface area contributed by atoms with Gasteiger partial charge < -0.3 is 19.0 Å². The minimum Gasteiger partial charge on any atom is -0.508 e. The summed E-state index contributed by atoms with van der Waals surface area (Å²) in [5.74, 6) is 1.90. The zero-order chi connectivity index (χ0) is 14.1. The molecule has 2 aromatic carbocycles. The summed E-state index contributed by atoms with van der Waals surface area (Å²) in [6, 6.07) is 10.2. The quantitative estimate of drug-likeness (QED) is 0.792. The molecule has 0 radical (unpaired) electrons. The molecule has 0 spiro atoms. The highest BCUT2D eigenvalue weighted by atomic mass is 16.5. The van der Waals surface area contributed by atoms with Crippen molar-refractivity contribution < 1.29 is 19.0 Å². The van der Waals surface area contributed by atoms with E-state index in [2.05, 4.69) is 4.98 Å². The van der Waals surface area contributed by atoms with E-state index in [1.807, 2.05) is 12.1 Å². The Hall–Kier alpha value is -2.69. The van der Waals surface area contributed by atoms with E-state index >= 15 is 0 Å². The molecule has 0 fully saturated rings. The van der Waals surface area contributed by atoms with Gasteiger partial charge in [0, 0.05) is 17.7 Å². The van der Waals surface area contributed by atoms with Crippen molar-refractivity contribution in [3.63, 3.8) is 0 Å². The largest absolute Gasteiger partial charge is 0.508 e. The normalized spacial score (nSPS) is 10.7. The number of nitrogens with zero attached hydrogens (tertiary/aromatic N) is 1. The molecule has 20 heavy (non-hydrogen) atoms. The molecule has 1 aromatic heterocycles. The van der Waals surface area contributed by atoms with E-state index in [9.17, 15) is 5.11 Å². The van der Waals surface area contributed by atoms with E-state index in [4.69, 9.17) is 13.9 Å². The Balaban J connectivity index is 2.14. The highest BCUT2D eigenvalue weighted by molar-refractivity contribution is 5.78. The van der Waals surface area contributed by atoms with Crippen LogP contribution in [0.15, 0.2) is 40.8 Å². The van der Waals surface area contributed by atoms with Crippen molar-refractivity contribution in [3.05, 3.63) is 36.4 Å². The first-order chi connectivity index (χ1) is 9.69. The summed E-state index contributed by atoms with van der Waals surface area (Å²) in [6.07, 6.45) is 0. The van der Waals surface area contributed by atoms with Gasteiger partial charge in [0.25, 0.3) is 0 Å². The van der Waals surface area contributed by atoms with Crippen molar-refractivity contribution in [2.45, 2.75) is 0 Å². The van der Waals surface area contributed by atoms with Crippen molar-refractivity contribution in [2.75, 3.05) is 14.2 Å². The Bertz CT molecular complexity index is 741. The van der Waals surface area contributed by atoms with Gasteiger partial charge in [-0.15, -0.1) is 0 Å². The van der Waals surface area contributed by atoms with Gasteiger partial charge in [-0.25, -0.2) is 4.98 Å². The van der Waals surface area contributed by atoms with Gasteiger partial charge >= 0.3 is 0 Å². The van der Waals surface area contributed by atoms with Gasteiger partial charge in [-0.3, -0.25) is 0 Å². The summed E-state index contributed by atoms with van der Waals surface area (Å²) in [4.78, 5) is 4.39. The first kappa shape index (κ1) is 12.3. The number of ether oxygens (including phenoxy) is 2. The number of phenols is 1. The van der Waals surface area contributed by atoms with E-state index < -0.39 is 0 Å². The third-order valence-corrected chi connectivity index (χ3v) is 2.97. The van der Waals surface area contributed by atoms with E-state index in [0.29, 0.717) is 28.5 Å². The maximum atomic E-state index is 9.45. The van der Waals surface area contributed by atoms with Crippen LogP contribution in [0.1, 0.15) is 0 Å². The van der Waals surface area contributed by atoms with Gasteiger partial charge in [-0.05, 0) is 24.3 Å². The lowest BCUT2D eigenvalue weighted by Gasteiger charge is -2.05. The summed E-state index contributed by atoms with van der Waals surface area (Å²) in [7, 11) is 3.17. The average Bonchev–Trinajstić information content (AvgIpc) is 2.89. The monoisotopic (exact) mass is 271 g/mol. The molecule has 3 rings (SSSR count). The fourth-order valence-electron chi connectivity index (χ4n) is 1.97. The fraction of sp³-hybridized carbons (Fsp3) is 0.133. The van der Waals surface area contributed by atoms with Crippen molar-refractivity contribution in [3.8, 4) is 28.7 Å². The third kappa shape index (κ3) is 2.14. The number of benzene rings is 2. The van der Waals surface area contributed by atoms with Crippen molar-refractivity contribution in [1.82, 2.24) is 4.98 Å². The van der Waals surface area contributed by atoms with Gasteiger partial charge in [0.2, 0.25) is 5.89 Å². The molecule has 5 nitrogen and oxygen atoms in total. The van der Waals surface area contributed by atoms with Crippen molar-refractivity contribution >= 4 is 11.1 Å². The molecule has 3 aromatic rings. The molecule has 0 saturated carbocycles. The number of hydrogen-bond donors (Lipinski definition) is 1. The van der Waals surface area contributed by atoms with E-state index in [1.165, 1.54) is 6.07 Å². The molecule has 0 bridgehead atoms. The van der Waals surface area contributed by atoms with Gasteiger partial charge in [0.15, 0.2) is 5.58 Å². The molecule has 5 heteroatoms. The standard InChI is InChI=1S/C15H13NO4/c1-18-11-5-9(6-12(8-11)19-2)15-16-13-4-3-10(17)7-14(13)20-15/h3-8,17H,1-2H3. The Morgan fingerprint density at radius 3 is 2.35 bits per heavy atom. The SMILES string of the molecule is COc1cc(OC)cc(-c2nc3ccc(O)cc3o2)c1. The lowest BCUT2D eigenvalue weighted by atomic mass is 10.2. The van der Waals surface area contributed by atoms with Crippen LogP contribution in [0.4, 0.5) is 0 Å². The van der Waals surface area contributed by atoms with E-state index in [0.717, 1.165) is 5.56 Å². The van der Waals surface area contributed by atoms with Crippen molar-refractivity contribution in [1.29, 1.82) is 0 Å². The maximum Gasteiger partial charge on any atom is 0.227 e. The molecule has 1 N–H and O–H groups in total. The van der Waals surface area contributed by atoms with Crippen LogP contribution in [-0.4, -0.2) is 24.3 Å². The molecule has 0 amide bonds. The van der Waals surface area contributed by atoms with Crippen LogP contribution >= 0.6 is 0 Å². The van der Waals surface area contributed by atoms with Crippen LogP contribution in [0.3, 0.4) is 0 Å². The molecule has 102 valence electrons. The van der Waals surface area contributed by atoms with Gasteiger partial charge in [-0.2, -0.15) is 0 Å². The molecule has 0 aliphatic rings. The molecule has 0 saturated heterocycles. The number of aromatic nitrogens is 1. The van der Waals surface area contributed by atoms with Crippen LogP contribution in [0.5, 0.6) is 17.2 Å². The first-order valence-corrected chi connectivity index (χ1v) is 6.02. The molecular formula is C15H13NO4. The second-order valence-corrected chi connectivity index (χ2v) is 4.27. The second kappa shape index (κ2) is 4.77. The Kier molecular flexibility index (Phi) is 2.95. The van der Waals surface area contributed by atoms with E-state index in [1.54, 1.807) is 32.4 Å². The minimum absolute atomic E-state index is 0.142. The van der Waals surface area contributed by atoms with E-state index in [-0.39, 0.29) is 5.75 Å². The highest BCUT2D eigenvalue weighted by Gasteiger charge is 2.11. The predicted molar refractivity (Wildman–Crippen MR) is 74.2 cm³/mol. The lowest BCUT2D eigenvalue weighted by molar-refractivity contribution is 0.394. The van der Waals surface area contributed by atoms with Crippen LogP contribution in [0, 0.1) is 0 Å². The molecule has 0 unspecified atom stereocenters. The predicted octanol–water partition coefficient (Wildman–Crippen LogP) is 3.22. The van der Waals surface area contributed by atoms with Crippen LogP contribution < -0.4 is 9.47 Å². The van der Waals surface area contributed by atoms with Crippen molar-refractivity contribution in [2.24, 2.45) is 0 Å². The van der Waals surface area contributed by atoms with Gasteiger partial charge in [0.1, 0.15) is 22.8 Å². The summed E-state index contributed by atoms with van der Waals surface area (Å²) in [6.45, 7) is 0. The first-order valence-electron chi connectivity index (χ1n) is 6.02. The minimum atomic E-state index is 0.142. The number of phenolic OH excluding ortho intramolecular Hbond substituents is 1. The summed E-state index contributed by atoms with van der Waals surface area (Å²) < 4.78 is 16.1. The average molecular weight is 271 g/mol. The zero-order valence-electron chi connectivity index (χ0n) is 11.1. The maximum absolute atomic E-state index is 9.45. The Labute approximate surface area is 115 Å². The topological polar surface area (TPSA) is 64.7 Å². The summed E-state index contributed by atoms with van der Waals surface area (Å²) >= 11 is 0. The number of aromatic hydroxyl groups is 1. The molecule has 0 atom stereocenters. The summed E-state index contributed by atoms with van der Waals surface area (Å²) in [5, 5.41) is 9.45. The zero-order valence-corrected chi connectivity index (χ0v) is 11.1. The second-order valence-electron chi connectivity index (χ2n) is 4.27. The molecular weight excluding hydrogens is 258 g/mol. The fourth-order valence-corrected chi connectivity index (χ4v) is 1.97. The number of rotatable bonds is 3. The van der Waals surface area contributed by atoms with Gasteiger partial charge in [-0.1, -0.05) is 0 Å².